The van der Waals surface area contributed by atoms with Crippen molar-refractivity contribution in [1.29, 1.82) is 0 Å². The Balaban J connectivity index is 2.93. The number of rotatable bonds is 2. The lowest BCUT2D eigenvalue weighted by Crippen LogP contribution is -2.29. The molecule has 0 aliphatic rings. The second kappa shape index (κ2) is 5.12. The largest absolute Gasteiger partial charge is 0.427 e. The molecule has 0 unspecified atom stereocenters. The molecule has 0 spiro atoms. The van der Waals surface area contributed by atoms with Gasteiger partial charge in [0.15, 0.2) is 0 Å². The van der Waals surface area contributed by atoms with Crippen LogP contribution in [0.3, 0.4) is 0 Å². The molecule has 0 aliphatic heterocycles. The highest BCUT2D eigenvalue weighted by atomic mass is 35.7. The first-order valence-corrected chi connectivity index (χ1v) is 7.09. The van der Waals surface area contributed by atoms with Gasteiger partial charge in [0.1, 0.15) is 5.75 Å². The van der Waals surface area contributed by atoms with Gasteiger partial charge in [0.25, 0.3) is 0 Å². The molecule has 0 heterocycles. The summed E-state index contributed by atoms with van der Waals surface area (Å²) >= 11 is 5.79. The molecule has 1 aromatic carbocycles. The van der Waals surface area contributed by atoms with Gasteiger partial charge in [-0.25, -0.2) is 9.52 Å². The molecular formula is C9H9Cl2NO4S. The molecule has 1 aromatic rings. The zero-order chi connectivity index (χ0) is 13.2. The van der Waals surface area contributed by atoms with Crippen molar-refractivity contribution in [2.45, 2.75) is 13.8 Å². The lowest BCUT2D eigenvalue weighted by Gasteiger charge is -2.10. The van der Waals surface area contributed by atoms with Crippen LogP contribution in [-0.4, -0.2) is 14.5 Å². The van der Waals surface area contributed by atoms with Crippen molar-refractivity contribution in [3.05, 3.63) is 28.3 Å². The molecule has 0 aliphatic carbocycles. The van der Waals surface area contributed by atoms with E-state index in [1.807, 2.05) is 0 Å². The number of halogens is 2. The lowest BCUT2D eigenvalue weighted by atomic mass is 10.1. The number of aryl methyl sites for hydroxylation is 2. The number of hydrogen-bond acceptors (Lipinski definition) is 4. The molecule has 8 heteroatoms. The number of ether oxygens (including phenoxy) is 1. The standard InChI is InChI=1S/C9H9Cl2NO4S/c1-5-3-7(10)4-6(2)8(5)16-9(13)12-17(11,14)15/h3-4H,1-2H3,(H,12,13). The maximum Gasteiger partial charge on any atom is 0.427 e. The molecule has 0 atom stereocenters. The van der Waals surface area contributed by atoms with Crippen LogP contribution in [0.25, 0.3) is 0 Å². The van der Waals surface area contributed by atoms with Crippen LogP contribution >= 0.6 is 22.3 Å². The summed E-state index contributed by atoms with van der Waals surface area (Å²) in [7, 11) is 0.683. The summed E-state index contributed by atoms with van der Waals surface area (Å²) in [6.45, 7) is 3.35. The molecule has 1 N–H and O–H groups in total. The van der Waals surface area contributed by atoms with E-state index in [0.717, 1.165) is 0 Å². The fourth-order valence-electron chi connectivity index (χ4n) is 1.27. The van der Waals surface area contributed by atoms with Crippen LogP contribution in [-0.2, 0) is 9.24 Å². The molecule has 94 valence electrons. The Labute approximate surface area is 108 Å². The molecule has 0 fully saturated rings. The molecule has 5 nitrogen and oxygen atoms in total. The summed E-state index contributed by atoms with van der Waals surface area (Å²) in [5, 5.41) is 0.498. The number of amides is 1. The van der Waals surface area contributed by atoms with E-state index in [-0.39, 0.29) is 5.75 Å². The molecule has 1 amide bonds. The predicted octanol–water partition coefficient (Wildman–Crippen LogP) is 2.53. The van der Waals surface area contributed by atoms with Crippen molar-refractivity contribution >= 4 is 37.6 Å². The van der Waals surface area contributed by atoms with Gasteiger partial charge in [0.05, 0.1) is 0 Å². The van der Waals surface area contributed by atoms with Gasteiger partial charge in [-0.15, -0.1) is 0 Å². The van der Waals surface area contributed by atoms with Gasteiger partial charge in [-0.3, -0.25) is 0 Å². The molecule has 17 heavy (non-hydrogen) atoms. The van der Waals surface area contributed by atoms with Gasteiger partial charge in [0, 0.05) is 15.7 Å². The molecular weight excluding hydrogens is 289 g/mol. The Kier molecular flexibility index (Phi) is 4.24. The van der Waals surface area contributed by atoms with Gasteiger partial charge >= 0.3 is 15.3 Å². The Morgan fingerprint density at radius 1 is 1.29 bits per heavy atom. The first-order valence-electron chi connectivity index (χ1n) is 4.40. The highest BCUT2D eigenvalue weighted by Crippen LogP contribution is 2.27. The van der Waals surface area contributed by atoms with E-state index < -0.39 is 15.3 Å². The van der Waals surface area contributed by atoms with Crippen LogP contribution in [0.5, 0.6) is 5.75 Å². The molecule has 1 rings (SSSR count). The summed E-state index contributed by atoms with van der Waals surface area (Å²) in [6, 6.07) is 3.18. The van der Waals surface area contributed by atoms with Crippen LogP contribution in [0.15, 0.2) is 12.1 Å². The van der Waals surface area contributed by atoms with Gasteiger partial charge in [-0.2, -0.15) is 8.42 Å². The smallest absolute Gasteiger partial charge is 0.409 e. The van der Waals surface area contributed by atoms with E-state index in [4.69, 9.17) is 27.0 Å². The van der Waals surface area contributed by atoms with E-state index in [1.165, 1.54) is 4.72 Å². The van der Waals surface area contributed by atoms with Crippen LogP contribution in [0.4, 0.5) is 4.79 Å². The molecule has 0 saturated carbocycles. The van der Waals surface area contributed by atoms with E-state index in [9.17, 15) is 13.2 Å². The Morgan fingerprint density at radius 2 is 1.76 bits per heavy atom. The summed E-state index contributed by atoms with van der Waals surface area (Å²) < 4.78 is 27.5. The van der Waals surface area contributed by atoms with E-state index >= 15 is 0 Å². The average molecular weight is 298 g/mol. The zero-order valence-corrected chi connectivity index (χ0v) is 11.3. The molecule has 0 bridgehead atoms. The highest BCUT2D eigenvalue weighted by molar-refractivity contribution is 8.12. The third-order valence-electron chi connectivity index (χ3n) is 1.83. The second-order valence-corrected chi connectivity index (χ2v) is 6.03. The van der Waals surface area contributed by atoms with Crippen molar-refractivity contribution in [2.24, 2.45) is 0 Å². The number of hydrogen-bond donors (Lipinski definition) is 1. The second-order valence-electron chi connectivity index (χ2n) is 3.30. The lowest BCUT2D eigenvalue weighted by molar-refractivity contribution is 0.206. The maximum absolute atomic E-state index is 11.2. The SMILES string of the molecule is Cc1cc(Cl)cc(C)c1OC(=O)NS(=O)(=O)Cl. The fraction of sp³-hybridized carbons (Fsp3) is 0.222. The average Bonchev–Trinajstić information content (AvgIpc) is 2.08. The monoisotopic (exact) mass is 297 g/mol. The molecule has 0 saturated heterocycles. The minimum Gasteiger partial charge on any atom is -0.409 e. The van der Waals surface area contributed by atoms with Crippen molar-refractivity contribution in [2.75, 3.05) is 0 Å². The van der Waals surface area contributed by atoms with E-state index in [2.05, 4.69) is 0 Å². The van der Waals surface area contributed by atoms with Crippen molar-refractivity contribution < 1.29 is 17.9 Å². The Morgan fingerprint density at radius 3 is 2.18 bits per heavy atom. The minimum absolute atomic E-state index is 0.243. The van der Waals surface area contributed by atoms with E-state index in [1.54, 1.807) is 26.0 Å². The maximum atomic E-state index is 11.2. The summed E-state index contributed by atoms with van der Waals surface area (Å²) in [5.74, 6) is 0.243. The number of carbonyl (C=O) groups excluding carboxylic acids is 1. The van der Waals surface area contributed by atoms with Gasteiger partial charge in [-0.1, -0.05) is 11.6 Å². The molecule has 0 aromatic heterocycles. The first-order chi connectivity index (χ1) is 7.69. The topological polar surface area (TPSA) is 72.5 Å². The summed E-state index contributed by atoms with van der Waals surface area (Å²) in [4.78, 5) is 11.2. The number of carbonyl (C=O) groups is 1. The van der Waals surface area contributed by atoms with Gasteiger partial charge in [-0.05, 0) is 37.1 Å². The fourth-order valence-corrected chi connectivity index (χ4v) is 2.03. The Bertz CT molecular complexity index is 533. The van der Waals surface area contributed by atoms with Crippen LogP contribution in [0.1, 0.15) is 11.1 Å². The van der Waals surface area contributed by atoms with Crippen molar-refractivity contribution in [3.8, 4) is 5.75 Å². The third kappa shape index (κ3) is 4.41. The third-order valence-corrected chi connectivity index (χ3v) is 2.69. The van der Waals surface area contributed by atoms with Crippen LogP contribution in [0, 0.1) is 13.8 Å². The Hall–Kier alpha value is -0.980. The van der Waals surface area contributed by atoms with Crippen molar-refractivity contribution in [1.82, 2.24) is 4.72 Å². The van der Waals surface area contributed by atoms with Crippen LogP contribution < -0.4 is 9.46 Å². The van der Waals surface area contributed by atoms with Crippen LogP contribution in [0.2, 0.25) is 5.02 Å². The quantitative estimate of drug-likeness (QED) is 0.852. The van der Waals surface area contributed by atoms with Gasteiger partial charge in [0.2, 0.25) is 0 Å². The minimum atomic E-state index is -4.16. The first kappa shape index (κ1) is 14.1. The summed E-state index contributed by atoms with van der Waals surface area (Å²) in [6.07, 6.45) is -1.17. The molecule has 0 radical (unpaired) electrons. The van der Waals surface area contributed by atoms with Crippen molar-refractivity contribution in [3.63, 3.8) is 0 Å². The predicted molar refractivity (Wildman–Crippen MR) is 64.9 cm³/mol. The zero-order valence-electron chi connectivity index (χ0n) is 8.95. The van der Waals surface area contributed by atoms with Gasteiger partial charge < -0.3 is 4.74 Å². The number of benzene rings is 1. The summed E-state index contributed by atoms with van der Waals surface area (Å²) in [5.41, 5.74) is 1.22. The number of nitrogens with one attached hydrogen (secondary N) is 1. The van der Waals surface area contributed by atoms with E-state index in [0.29, 0.717) is 16.1 Å². The normalized spacial score (nSPS) is 11.1. The highest BCUT2D eigenvalue weighted by Gasteiger charge is 2.15.